The van der Waals surface area contributed by atoms with Gasteiger partial charge >= 0.3 is 0 Å². The quantitative estimate of drug-likeness (QED) is 0.900. The Morgan fingerprint density at radius 3 is 2.62 bits per heavy atom. The summed E-state index contributed by atoms with van der Waals surface area (Å²) in [4.78, 5) is 7.46. The highest BCUT2D eigenvalue weighted by atomic mass is 32.1. The van der Waals surface area contributed by atoms with Gasteiger partial charge in [-0.05, 0) is 31.8 Å². The normalized spacial score (nSPS) is 23.7. The van der Waals surface area contributed by atoms with Crippen LogP contribution in [0.4, 0.5) is 0 Å². The predicted octanol–water partition coefficient (Wildman–Crippen LogP) is 3.78. The number of hydrogen-bond donors (Lipinski definition) is 1. The highest BCUT2D eigenvalue weighted by molar-refractivity contribution is 7.09. The number of aromatic nitrogens is 1. The molecule has 4 heteroatoms. The Bertz CT molecular complexity index is 435. The first-order valence-corrected chi connectivity index (χ1v) is 9.22. The molecule has 2 N–H and O–H groups in total. The van der Waals surface area contributed by atoms with Crippen molar-refractivity contribution < 1.29 is 0 Å². The lowest BCUT2D eigenvalue weighted by atomic mass is 9.83. The molecule has 1 fully saturated rings. The fourth-order valence-electron chi connectivity index (χ4n) is 3.31. The lowest BCUT2D eigenvalue weighted by Crippen LogP contribution is -2.44. The zero-order valence-corrected chi connectivity index (χ0v) is 14.9. The van der Waals surface area contributed by atoms with Crippen LogP contribution in [0.1, 0.15) is 64.1 Å². The maximum Gasteiger partial charge on any atom is 0.107 e. The van der Waals surface area contributed by atoms with Gasteiger partial charge in [-0.15, -0.1) is 11.3 Å². The van der Waals surface area contributed by atoms with Gasteiger partial charge in [-0.3, -0.25) is 4.90 Å². The van der Waals surface area contributed by atoms with Crippen LogP contribution in [0, 0.1) is 5.92 Å². The molecule has 0 bridgehead atoms. The fraction of sp³-hybridized carbons (Fsp3) is 0.824. The average Bonchev–Trinajstić information content (AvgIpc) is 2.93. The van der Waals surface area contributed by atoms with Gasteiger partial charge in [0.1, 0.15) is 5.01 Å². The zero-order valence-electron chi connectivity index (χ0n) is 14.1. The number of rotatable bonds is 5. The maximum atomic E-state index is 6.00. The molecule has 0 aromatic carbocycles. The highest BCUT2D eigenvalue weighted by Gasteiger charge is 2.29. The van der Waals surface area contributed by atoms with E-state index in [2.05, 4.69) is 38.0 Å². The van der Waals surface area contributed by atoms with Gasteiger partial charge in [-0.2, -0.15) is 0 Å². The van der Waals surface area contributed by atoms with Gasteiger partial charge in [-0.25, -0.2) is 4.98 Å². The summed E-state index contributed by atoms with van der Waals surface area (Å²) in [5.41, 5.74) is 7.37. The third kappa shape index (κ3) is 4.27. The van der Waals surface area contributed by atoms with E-state index in [1.807, 2.05) is 11.3 Å². The summed E-state index contributed by atoms with van der Waals surface area (Å²) in [5, 5.41) is 3.48. The van der Waals surface area contributed by atoms with Gasteiger partial charge in [0.15, 0.2) is 0 Å². The molecule has 1 heterocycles. The first kappa shape index (κ1) is 16.9. The smallest absolute Gasteiger partial charge is 0.107 e. The van der Waals surface area contributed by atoms with E-state index in [1.54, 1.807) is 0 Å². The van der Waals surface area contributed by atoms with E-state index in [0.29, 0.717) is 12.0 Å². The molecule has 1 aromatic heterocycles. The van der Waals surface area contributed by atoms with Gasteiger partial charge in [0.2, 0.25) is 0 Å². The lowest BCUT2D eigenvalue weighted by molar-refractivity contribution is 0.105. The van der Waals surface area contributed by atoms with Gasteiger partial charge in [0.25, 0.3) is 0 Å². The van der Waals surface area contributed by atoms with Crippen molar-refractivity contribution in [3.8, 4) is 0 Å². The van der Waals surface area contributed by atoms with E-state index in [9.17, 15) is 0 Å². The molecular weight excluding hydrogens is 278 g/mol. The summed E-state index contributed by atoms with van der Waals surface area (Å²) >= 11 is 1.81. The predicted molar refractivity (Wildman–Crippen MR) is 91.7 cm³/mol. The third-order valence-electron chi connectivity index (χ3n) is 4.71. The maximum absolute atomic E-state index is 6.00. The van der Waals surface area contributed by atoms with Crippen LogP contribution in [0.3, 0.4) is 0 Å². The molecule has 2 atom stereocenters. The molecular formula is C17H31N3S. The molecule has 21 heavy (non-hydrogen) atoms. The van der Waals surface area contributed by atoms with Gasteiger partial charge in [0.05, 0.1) is 12.2 Å². The molecule has 3 nitrogen and oxygen atoms in total. The van der Waals surface area contributed by atoms with Crippen LogP contribution in [0.5, 0.6) is 0 Å². The Morgan fingerprint density at radius 1 is 1.33 bits per heavy atom. The van der Waals surface area contributed by atoms with Crippen LogP contribution < -0.4 is 5.73 Å². The van der Waals surface area contributed by atoms with Crippen LogP contribution in [-0.4, -0.2) is 29.0 Å². The molecule has 0 amide bonds. The van der Waals surface area contributed by atoms with Crippen molar-refractivity contribution in [3.05, 3.63) is 16.1 Å². The highest BCUT2D eigenvalue weighted by Crippen LogP contribution is 2.30. The third-order valence-corrected chi connectivity index (χ3v) is 5.54. The summed E-state index contributed by atoms with van der Waals surface area (Å²) in [6, 6.07) is 0.649. The standard InChI is InChI=1S/C17H31N3S/c1-5-20(14-9-7-6-8-13(14)10-18)11-16-19-15(12-21-16)17(2,3)4/h12-14H,5-11,18H2,1-4H3. The van der Waals surface area contributed by atoms with Crippen molar-refractivity contribution in [1.82, 2.24) is 9.88 Å². The minimum Gasteiger partial charge on any atom is -0.330 e. The molecule has 1 aliphatic rings. The van der Waals surface area contributed by atoms with Crippen LogP contribution in [0.25, 0.3) is 0 Å². The summed E-state index contributed by atoms with van der Waals surface area (Å²) in [5.74, 6) is 0.667. The van der Waals surface area contributed by atoms with E-state index in [0.717, 1.165) is 19.6 Å². The van der Waals surface area contributed by atoms with Crippen molar-refractivity contribution in [1.29, 1.82) is 0 Å². The lowest BCUT2D eigenvalue weighted by Gasteiger charge is -2.38. The van der Waals surface area contributed by atoms with Gasteiger partial charge < -0.3 is 5.73 Å². The summed E-state index contributed by atoms with van der Waals surface area (Å²) in [7, 11) is 0. The van der Waals surface area contributed by atoms with E-state index in [4.69, 9.17) is 10.7 Å². The first-order chi connectivity index (χ1) is 9.95. The van der Waals surface area contributed by atoms with E-state index >= 15 is 0 Å². The molecule has 1 aromatic rings. The molecule has 120 valence electrons. The van der Waals surface area contributed by atoms with Gasteiger partial charge in [0, 0.05) is 16.8 Å². The second-order valence-corrected chi connectivity index (χ2v) is 8.23. The minimum atomic E-state index is 0.149. The monoisotopic (exact) mass is 309 g/mol. The Labute approximate surface area is 133 Å². The Balaban J connectivity index is 2.06. The van der Waals surface area contributed by atoms with Gasteiger partial charge in [-0.1, -0.05) is 40.5 Å². The second kappa shape index (κ2) is 7.21. The van der Waals surface area contributed by atoms with Crippen molar-refractivity contribution in [2.75, 3.05) is 13.1 Å². The van der Waals surface area contributed by atoms with Crippen LogP contribution in [0.15, 0.2) is 5.38 Å². The Hall–Kier alpha value is -0.450. The fourth-order valence-corrected chi connectivity index (χ4v) is 4.35. The zero-order chi connectivity index (χ0) is 15.5. The van der Waals surface area contributed by atoms with E-state index in [1.165, 1.54) is 36.4 Å². The molecule has 2 unspecified atom stereocenters. The largest absolute Gasteiger partial charge is 0.330 e. The summed E-state index contributed by atoms with van der Waals surface area (Å²) in [6.45, 7) is 11.9. The van der Waals surface area contributed by atoms with Crippen LogP contribution >= 0.6 is 11.3 Å². The van der Waals surface area contributed by atoms with E-state index in [-0.39, 0.29) is 5.41 Å². The molecule has 0 radical (unpaired) electrons. The van der Waals surface area contributed by atoms with E-state index < -0.39 is 0 Å². The summed E-state index contributed by atoms with van der Waals surface area (Å²) in [6.07, 6.45) is 5.29. The Kier molecular flexibility index (Phi) is 5.81. The number of hydrogen-bond acceptors (Lipinski definition) is 4. The Morgan fingerprint density at radius 2 is 2.05 bits per heavy atom. The van der Waals surface area contributed by atoms with Crippen molar-refractivity contribution in [2.24, 2.45) is 11.7 Å². The topological polar surface area (TPSA) is 42.2 Å². The molecule has 0 spiro atoms. The molecule has 2 rings (SSSR count). The molecule has 0 saturated heterocycles. The molecule has 1 saturated carbocycles. The van der Waals surface area contributed by atoms with Crippen LogP contribution in [-0.2, 0) is 12.0 Å². The number of thiazole rings is 1. The molecule has 0 aliphatic heterocycles. The second-order valence-electron chi connectivity index (χ2n) is 7.29. The minimum absolute atomic E-state index is 0.149. The number of nitrogens with two attached hydrogens (primary N) is 1. The molecule has 1 aliphatic carbocycles. The summed E-state index contributed by atoms with van der Waals surface area (Å²) < 4.78 is 0. The van der Waals surface area contributed by atoms with Crippen LogP contribution in [0.2, 0.25) is 0 Å². The van der Waals surface area contributed by atoms with Crippen molar-refractivity contribution >= 4 is 11.3 Å². The van der Waals surface area contributed by atoms with Crippen molar-refractivity contribution in [2.45, 2.75) is 71.4 Å². The first-order valence-electron chi connectivity index (χ1n) is 8.34. The van der Waals surface area contributed by atoms with Crippen molar-refractivity contribution in [3.63, 3.8) is 0 Å². The number of nitrogens with zero attached hydrogens (tertiary/aromatic N) is 2. The average molecular weight is 310 g/mol. The SMILES string of the molecule is CCN(Cc1nc(C(C)(C)C)cs1)C1CCCCC1CN.